The minimum absolute atomic E-state index is 0.0616. The molecule has 0 radical (unpaired) electrons. The van der Waals surface area contributed by atoms with Crippen molar-refractivity contribution in [2.75, 3.05) is 45.9 Å². The number of nitrogens with zero attached hydrogens (tertiary/aromatic N) is 3. The maximum atomic E-state index is 13.4. The van der Waals surface area contributed by atoms with Crippen LogP contribution in [0.5, 0.6) is 0 Å². The van der Waals surface area contributed by atoms with Crippen LogP contribution in [0.4, 0.5) is 4.79 Å². The summed E-state index contributed by atoms with van der Waals surface area (Å²) in [4.78, 5) is 31.2. The first-order valence-electron chi connectivity index (χ1n) is 9.67. The van der Waals surface area contributed by atoms with Crippen LogP contribution in [0.25, 0.3) is 0 Å². The molecule has 10 heteroatoms. The van der Waals surface area contributed by atoms with Crippen molar-refractivity contribution in [1.82, 2.24) is 19.1 Å². The maximum absolute atomic E-state index is 13.4. The molecule has 0 unspecified atom stereocenters. The number of carbonyl (C=O) groups excluding carboxylic acids is 2. The van der Waals surface area contributed by atoms with Gasteiger partial charge in [0.2, 0.25) is 10.0 Å². The first-order valence-corrected chi connectivity index (χ1v) is 11.1. The Morgan fingerprint density at radius 2 is 1.57 bits per heavy atom. The second-order valence-corrected chi connectivity index (χ2v) is 9.04. The molecular formula is C18H28N4O5S. The van der Waals surface area contributed by atoms with E-state index in [0.717, 1.165) is 12.8 Å². The first kappa shape index (κ1) is 20.7. The molecule has 2 saturated heterocycles. The highest BCUT2D eigenvalue weighted by atomic mass is 32.2. The van der Waals surface area contributed by atoms with E-state index in [-0.39, 0.29) is 49.2 Å². The van der Waals surface area contributed by atoms with Crippen LogP contribution in [-0.2, 0) is 14.8 Å². The fourth-order valence-corrected chi connectivity index (χ4v) is 5.71. The first-order chi connectivity index (χ1) is 13.3. The lowest BCUT2D eigenvalue weighted by Crippen LogP contribution is -2.50. The number of sulfonamides is 1. The Morgan fingerprint density at radius 3 is 2.14 bits per heavy atom. The number of aromatic amines is 1. The molecule has 0 saturated carbocycles. The van der Waals surface area contributed by atoms with E-state index < -0.39 is 16.1 Å². The molecule has 0 aromatic carbocycles. The van der Waals surface area contributed by atoms with Crippen molar-refractivity contribution in [2.24, 2.45) is 0 Å². The predicted molar refractivity (Wildman–Crippen MR) is 103 cm³/mol. The minimum atomic E-state index is -3.86. The van der Waals surface area contributed by atoms with Gasteiger partial charge in [0.05, 0.1) is 12.2 Å². The Morgan fingerprint density at radius 1 is 0.964 bits per heavy atom. The Hall–Kier alpha value is -2.07. The van der Waals surface area contributed by atoms with Crippen LogP contribution in [0.3, 0.4) is 0 Å². The van der Waals surface area contributed by atoms with E-state index in [1.807, 2.05) is 0 Å². The monoisotopic (exact) mass is 412 g/mol. The SMILES string of the molecule is CCOC(=O)N1CCN(S(=O)(=O)c2c(C)[nH]c(C)c2C(=O)N2CCCC2)CC1. The molecular weight excluding hydrogens is 384 g/mol. The number of likely N-dealkylation sites (tertiary alicyclic amines) is 1. The van der Waals surface area contributed by atoms with E-state index in [0.29, 0.717) is 24.5 Å². The molecule has 0 aliphatic carbocycles. The van der Waals surface area contributed by atoms with Crippen LogP contribution >= 0.6 is 0 Å². The summed E-state index contributed by atoms with van der Waals surface area (Å²) in [5.41, 5.74) is 1.28. The van der Waals surface area contributed by atoms with Crippen LogP contribution in [0.1, 0.15) is 41.5 Å². The third-order valence-electron chi connectivity index (χ3n) is 5.29. The molecule has 0 spiro atoms. The molecule has 1 aromatic rings. The second kappa shape index (κ2) is 8.12. The van der Waals surface area contributed by atoms with Crippen molar-refractivity contribution >= 4 is 22.0 Å². The van der Waals surface area contributed by atoms with E-state index >= 15 is 0 Å². The van der Waals surface area contributed by atoms with Gasteiger partial charge in [0.1, 0.15) is 4.90 Å². The molecule has 0 bridgehead atoms. The molecule has 2 amide bonds. The standard InChI is InChI=1S/C18H28N4O5S/c1-4-27-18(24)21-9-11-22(12-10-21)28(25,26)16-14(3)19-13(2)15(16)17(23)20-7-5-6-8-20/h19H,4-12H2,1-3H3. The van der Waals surface area contributed by atoms with E-state index in [4.69, 9.17) is 4.74 Å². The lowest BCUT2D eigenvalue weighted by atomic mass is 10.2. The van der Waals surface area contributed by atoms with E-state index in [1.54, 1.807) is 25.7 Å². The molecule has 156 valence electrons. The summed E-state index contributed by atoms with van der Waals surface area (Å²) in [6, 6.07) is 0. The maximum Gasteiger partial charge on any atom is 0.409 e. The fourth-order valence-electron chi connectivity index (χ4n) is 3.87. The molecule has 3 rings (SSSR count). The van der Waals surface area contributed by atoms with Gasteiger partial charge in [0.15, 0.2) is 0 Å². The number of rotatable bonds is 4. The predicted octanol–water partition coefficient (Wildman–Crippen LogP) is 1.33. The molecule has 2 aliphatic rings. The summed E-state index contributed by atoms with van der Waals surface area (Å²) in [5.74, 6) is -0.233. The normalized spacial score (nSPS) is 18.5. The quantitative estimate of drug-likeness (QED) is 0.804. The van der Waals surface area contributed by atoms with Gasteiger partial charge in [0.25, 0.3) is 5.91 Å². The highest BCUT2D eigenvalue weighted by Crippen LogP contribution is 2.29. The lowest BCUT2D eigenvalue weighted by molar-refractivity contribution is 0.0788. The number of nitrogens with one attached hydrogen (secondary N) is 1. The number of aromatic nitrogens is 1. The minimum Gasteiger partial charge on any atom is -0.450 e. The van der Waals surface area contributed by atoms with Gasteiger partial charge < -0.3 is 19.5 Å². The van der Waals surface area contributed by atoms with Gasteiger partial charge in [-0.2, -0.15) is 4.31 Å². The Labute approximate surface area is 165 Å². The van der Waals surface area contributed by atoms with Crippen molar-refractivity contribution in [3.8, 4) is 0 Å². The van der Waals surface area contributed by atoms with Crippen LogP contribution in [0.15, 0.2) is 4.90 Å². The van der Waals surface area contributed by atoms with Crippen molar-refractivity contribution in [2.45, 2.75) is 38.5 Å². The Balaban J connectivity index is 1.85. The average Bonchev–Trinajstić information content (AvgIpc) is 3.29. The summed E-state index contributed by atoms with van der Waals surface area (Å²) in [7, 11) is -3.86. The third-order valence-corrected chi connectivity index (χ3v) is 7.36. The zero-order valence-corrected chi connectivity index (χ0v) is 17.5. The summed E-state index contributed by atoms with van der Waals surface area (Å²) >= 11 is 0. The highest BCUT2D eigenvalue weighted by molar-refractivity contribution is 7.89. The molecule has 9 nitrogen and oxygen atoms in total. The Kier molecular flexibility index (Phi) is 5.99. The number of H-pyrrole nitrogens is 1. The van der Waals surface area contributed by atoms with E-state index in [2.05, 4.69) is 4.98 Å². The summed E-state index contributed by atoms with van der Waals surface area (Å²) in [5, 5.41) is 0. The molecule has 2 fully saturated rings. The second-order valence-electron chi connectivity index (χ2n) is 7.17. The molecule has 28 heavy (non-hydrogen) atoms. The number of hydrogen-bond donors (Lipinski definition) is 1. The zero-order valence-electron chi connectivity index (χ0n) is 16.7. The van der Waals surface area contributed by atoms with Crippen molar-refractivity contribution in [1.29, 1.82) is 0 Å². The lowest BCUT2D eigenvalue weighted by Gasteiger charge is -2.33. The average molecular weight is 413 g/mol. The van der Waals surface area contributed by atoms with Gasteiger partial charge in [-0.3, -0.25) is 4.79 Å². The van der Waals surface area contributed by atoms with Gasteiger partial charge in [-0.15, -0.1) is 0 Å². The Bertz CT molecular complexity index is 850. The summed E-state index contributed by atoms with van der Waals surface area (Å²) in [6.45, 7) is 7.58. The van der Waals surface area contributed by atoms with Gasteiger partial charge in [-0.25, -0.2) is 13.2 Å². The van der Waals surface area contributed by atoms with E-state index in [9.17, 15) is 18.0 Å². The summed E-state index contributed by atoms with van der Waals surface area (Å²) in [6.07, 6.45) is 1.44. The summed E-state index contributed by atoms with van der Waals surface area (Å²) < 4.78 is 33.1. The number of amides is 2. The number of piperazine rings is 1. The molecule has 3 heterocycles. The van der Waals surface area contributed by atoms with Crippen LogP contribution in [0.2, 0.25) is 0 Å². The van der Waals surface area contributed by atoms with Gasteiger partial charge >= 0.3 is 6.09 Å². The van der Waals surface area contributed by atoms with E-state index in [1.165, 1.54) is 9.21 Å². The van der Waals surface area contributed by atoms with Gasteiger partial charge in [-0.1, -0.05) is 0 Å². The number of carbonyl (C=O) groups is 2. The fraction of sp³-hybridized carbons (Fsp3) is 0.667. The van der Waals surface area contributed by atoms with Gasteiger partial charge in [0, 0.05) is 50.7 Å². The number of aryl methyl sites for hydroxylation is 2. The number of ether oxygens (including phenoxy) is 1. The molecule has 0 atom stereocenters. The molecule has 1 N–H and O–H groups in total. The van der Waals surface area contributed by atoms with Crippen molar-refractivity contribution in [3.63, 3.8) is 0 Å². The third kappa shape index (κ3) is 3.75. The van der Waals surface area contributed by atoms with Crippen LogP contribution in [0, 0.1) is 13.8 Å². The highest BCUT2D eigenvalue weighted by Gasteiger charge is 2.37. The van der Waals surface area contributed by atoms with Crippen LogP contribution in [-0.4, -0.2) is 85.4 Å². The smallest absolute Gasteiger partial charge is 0.409 e. The van der Waals surface area contributed by atoms with Gasteiger partial charge in [-0.05, 0) is 33.6 Å². The van der Waals surface area contributed by atoms with Crippen LogP contribution < -0.4 is 0 Å². The number of hydrogen-bond acceptors (Lipinski definition) is 5. The molecule has 2 aliphatic heterocycles. The van der Waals surface area contributed by atoms with Crippen molar-refractivity contribution < 1.29 is 22.7 Å². The topological polar surface area (TPSA) is 103 Å². The van der Waals surface area contributed by atoms with Crippen molar-refractivity contribution in [3.05, 3.63) is 17.0 Å². The largest absolute Gasteiger partial charge is 0.450 e. The zero-order chi connectivity index (χ0) is 20.5. The molecule has 1 aromatic heterocycles.